The van der Waals surface area contributed by atoms with E-state index >= 15 is 0 Å². The number of halogens is 2. The first-order chi connectivity index (χ1) is 9.56. The molecule has 2 aromatic carbocycles. The average molecular weight is 339 g/mol. The van der Waals surface area contributed by atoms with Crippen molar-refractivity contribution in [1.29, 1.82) is 0 Å². The van der Waals surface area contributed by atoms with Crippen LogP contribution in [0.1, 0.15) is 21.5 Å². The lowest BCUT2D eigenvalue weighted by molar-refractivity contribution is 0.0684. The summed E-state index contributed by atoms with van der Waals surface area (Å²) in [5.74, 6) is -1.57. The Balaban J connectivity index is 2.02. The minimum atomic E-state index is -1.09. The van der Waals surface area contributed by atoms with Crippen LogP contribution in [-0.2, 0) is 18.0 Å². The lowest BCUT2D eigenvalue weighted by Gasteiger charge is -2.08. The van der Waals surface area contributed by atoms with Crippen LogP contribution in [0.4, 0.5) is 4.39 Å². The van der Waals surface area contributed by atoms with Crippen LogP contribution in [0.15, 0.2) is 46.9 Å². The van der Waals surface area contributed by atoms with Gasteiger partial charge >= 0.3 is 5.97 Å². The van der Waals surface area contributed by atoms with Crippen molar-refractivity contribution in [3.63, 3.8) is 0 Å². The van der Waals surface area contributed by atoms with E-state index in [1.807, 2.05) is 24.3 Å². The third kappa shape index (κ3) is 3.88. The van der Waals surface area contributed by atoms with Crippen molar-refractivity contribution in [2.24, 2.45) is 0 Å². The summed E-state index contributed by atoms with van der Waals surface area (Å²) in [7, 11) is 0. The normalized spacial score (nSPS) is 10.5. The molecule has 0 spiro atoms. The van der Waals surface area contributed by atoms with Crippen LogP contribution in [0, 0.1) is 5.82 Å². The summed E-state index contributed by atoms with van der Waals surface area (Å²) in [6.45, 7) is 0.387. The summed E-state index contributed by atoms with van der Waals surface area (Å²) >= 11 is 3.34. The molecule has 1 N–H and O–H groups in total. The maximum atomic E-state index is 13.2. The highest BCUT2D eigenvalue weighted by atomic mass is 79.9. The molecule has 2 aromatic rings. The summed E-state index contributed by atoms with van der Waals surface area (Å²) in [4.78, 5) is 11.0. The van der Waals surface area contributed by atoms with Crippen LogP contribution in [-0.4, -0.2) is 11.1 Å². The fourth-order valence-electron chi connectivity index (χ4n) is 1.75. The minimum absolute atomic E-state index is 0.0510. The van der Waals surface area contributed by atoms with Crippen molar-refractivity contribution >= 4 is 21.9 Å². The van der Waals surface area contributed by atoms with E-state index in [1.54, 1.807) is 0 Å². The van der Waals surface area contributed by atoms with E-state index in [0.717, 1.165) is 16.1 Å². The van der Waals surface area contributed by atoms with Crippen LogP contribution >= 0.6 is 15.9 Å². The van der Waals surface area contributed by atoms with Crippen LogP contribution in [0.25, 0.3) is 0 Å². The Labute approximate surface area is 124 Å². The van der Waals surface area contributed by atoms with Crippen molar-refractivity contribution < 1.29 is 19.0 Å². The third-order valence-corrected chi connectivity index (χ3v) is 3.27. The van der Waals surface area contributed by atoms with Crippen LogP contribution in [0.5, 0.6) is 0 Å². The molecule has 104 valence electrons. The van der Waals surface area contributed by atoms with Gasteiger partial charge in [0, 0.05) is 4.47 Å². The Hall–Kier alpha value is -1.72. The predicted molar refractivity (Wildman–Crippen MR) is 76.0 cm³/mol. The highest BCUT2D eigenvalue weighted by Gasteiger charge is 2.11. The quantitative estimate of drug-likeness (QED) is 0.896. The van der Waals surface area contributed by atoms with Gasteiger partial charge in [-0.2, -0.15) is 0 Å². The molecule has 5 heteroatoms. The van der Waals surface area contributed by atoms with Crippen molar-refractivity contribution in [2.75, 3.05) is 0 Å². The molecule has 0 aromatic heterocycles. The van der Waals surface area contributed by atoms with E-state index in [9.17, 15) is 9.18 Å². The van der Waals surface area contributed by atoms with Gasteiger partial charge in [0.05, 0.1) is 18.8 Å². The number of hydrogen-bond donors (Lipinski definition) is 1. The molecule has 0 saturated heterocycles. The lowest BCUT2D eigenvalue weighted by atomic mass is 10.1. The van der Waals surface area contributed by atoms with Gasteiger partial charge < -0.3 is 9.84 Å². The molecule has 0 atom stereocenters. The third-order valence-electron chi connectivity index (χ3n) is 2.74. The molecule has 0 heterocycles. The van der Waals surface area contributed by atoms with E-state index in [-0.39, 0.29) is 12.2 Å². The molecular formula is C15H12BrFO3. The number of carbonyl (C=O) groups is 1. The molecule has 0 bridgehead atoms. The van der Waals surface area contributed by atoms with Crippen molar-refractivity contribution in [2.45, 2.75) is 13.2 Å². The SMILES string of the molecule is O=C(O)c1ccc(F)cc1COCc1ccc(Br)cc1. The van der Waals surface area contributed by atoms with Gasteiger partial charge in [-0.05, 0) is 41.5 Å². The van der Waals surface area contributed by atoms with E-state index < -0.39 is 11.8 Å². The number of hydrogen-bond acceptors (Lipinski definition) is 2. The Morgan fingerprint density at radius 1 is 1.15 bits per heavy atom. The van der Waals surface area contributed by atoms with Crippen molar-refractivity contribution in [3.05, 3.63) is 69.4 Å². The maximum absolute atomic E-state index is 13.2. The Kier molecular flexibility index (Phi) is 4.87. The highest BCUT2D eigenvalue weighted by molar-refractivity contribution is 9.10. The molecule has 0 aliphatic rings. The number of ether oxygens (including phenoxy) is 1. The summed E-state index contributed by atoms with van der Waals surface area (Å²) in [6, 6.07) is 11.1. The molecule has 0 radical (unpaired) electrons. The zero-order valence-electron chi connectivity index (χ0n) is 10.5. The Morgan fingerprint density at radius 3 is 2.50 bits per heavy atom. The lowest BCUT2D eigenvalue weighted by Crippen LogP contribution is -2.05. The maximum Gasteiger partial charge on any atom is 0.336 e. The fraction of sp³-hybridized carbons (Fsp3) is 0.133. The van der Waals surface area contributed by atoms with Crippen molar-refractivity contribution in [1.82, 2.24) is 0 Å². The second kappa shape index (κ2) is 6.63. The van der Waals surface area contributed by atoms with Crippen molar-refractivity contribution in [3.8, 4) is 0 Å². The van der Waals surface area contributed by atoms with E-state index in [0.29, 0.717) is 12.2 Å². The minimum Gasteiger partial charge on any atom is -0.478 e. The summed E-state index contributed by atoms with van der Waals surface area (Å²) in [6.07, 6.45) is 0. The number of aromatic carboxylic acids is 1. The molecule has 0 amide bonds. The average Bonchev–Trinajstić information content (AvgIpc) is 2.41. The first-order valence-corrected chi connectivity index (χ1v) is 6.69. The number of rotatable bonds is 5. The summed E-state index contributed by atoms with van der Waals surface area (Å²) in [5, 5.41) is 9.02. The van der Waals surface area contributed by atoms with Gasteiger partial charge in [0.2, 0.25) is 0 Å². The van der Waals surface area contributed by atoms with Gasteiger partial charge in [-0.15, -0.1) is 0 Å². The van der Waals surface area contributed by atoms with Gasteiger partial charge in [-0.1, -0.05) is 28.1 Å². The van der Waals surface area contributed by atoms with Gasteiger partial charge in [-0.25, -0.2) is 9.18 Å². The molecule has 0 fully saturated rings. The van der Waals surface area contributed by atoms with E-state index in [2.05, 4.69) is 15.9 Å². The Morgan fingerprint density at radius 2 is 1.85 bits per heavy atom. The highest BCUT2D eigenvalue weighted by Crippen LogP contribution is 2.15. The molecule has 0 unspecified atom stereocenters. The predicted octanol–water partition coefficient (Wildman–Crippen LogP) is 4.00. The van der Waals surface area contributed by atoms with Gasteiger partial charge in [0.15, 0.2) is 0 Å². The number of carboxylic acids is 1. The molecule has 2 rings (SSSR count). The van der Waals surface area contributed by atoms with E-state index in [1.165, 1.54) is 12.1 Å². The van der Waals surface area contributed by atoms with Gasteiger partial charge in [0.25, 0.3) is 0 Å². The first kappa shape index (κ1) is 14.7. The molecule has 3 nitrogen and oxygen atoms in total. The molecular weight excluding hydrogens is 327 g/mol. The zero-order valence-corrected chi connectivity index (χ0v) is 12.1. The molecule has 0 aliphatic carbocycles. The number of carboxylic acid groups (broad SMARTS) is 1. The van der Waals surface area contributed by atoms with Gasteiger partial charge in [-0.3, -0.25) is 0 Å². The van der Waals surface area contributed by atoms with Crippen LogP contribution in [0.2, 0.25) is 0 Å². The second-order valence-electron chi connectivity index (χ2n) is 4.23. The zero-order chi connectivity index (χ0) is 14.5. The van der Waals surface area contributed by atoms with Gasteiger partial charge in [0.1, 0.15) is 5.82 Å². The monoisotopic (exact) mass is 338 g/mol. The number of benzene rings is 2. The molecule has 20 heavy (non-hydrogen) atoms. The molecule has 0 aliphatic heterocycles. The largest absolute Gasteiger partial charge is 0.478 e. The first-order valence-electron chi connectivity index (χ1n) is 5.90. The standard InChI is InChI=1S/C15H12BrFO3/c16-12-3-1-10(2-4-12)8-20-9-11-7-13(17)5-6-14(11)15(18)19/h1-7H,8-9H2,(H,18,19). The van der Waals surface area contributed by atoms with E-state index in [4.69, 9.17) is 9.84 Å². The van der Waals surface area contributed by atoms with Crippen LogP contribution < -0.4 is 0 Å². The summed E-state index contributed by atoms with van der Waals surface area (Å²) < 4.78 is 19.6. The second-order valence-corrected chi connectivity index (χ2v) is 5.14. The fourth-order valence-corrected chi connectivity index (χ4v) is 2.01. The van der Waals surface area contributed by atoms with Crippen LogP contribution in [0.3, 0.4) is 0 Å². The topological polar surface area (TPSA) is 46.5 Å². The molecule has 0 saturated carbocycles. The smallest absolute Gasteiger partial charge is 0.336 e. The summed E-state index contributed by atoms with van der Waals surface area (Å²) in [5.41, 5.74) is 1.35. The Bertz CT molecular complexity index is 611.